The standard InChI is InChI=1S/C19H24N4O3/c24-18(11-19(25)6-2-7-19)22-13-15-4-9-21-23(15)10-5-16(22)14-26-17-3-1-8-20-12-17/h1,3-4,8-9,12,16,25H,2,5-7,10-11,13-14H2/t16-/m0/s1. The number of aryl methyl sites for hydroxylation is 1. The molecule has 4 rings (SSSR count). The lowest BCUT2D eigenvalue weighted by atomic mass is 9.77. The molecule has 2 aromatic heterocycles. The number of hydrogen-bond acceptors (Lipinski definition) is 5. The van der Waals surface area contributed by atoms with E-state index in [0.717, 1.165) is 25.1 Å². The minimum absolute atomic E-state index is 0.0124. The Labute approximate surface area is 152 Å². The molecule has 0 aromatic carbocycles. The monoisotopic (exact) mass is 356 g/mol. The molecule has 1 aliphatic carbocycles. The van der Waals surface area contributed by atoms with Crippen LogP contribution in [0.3, 0.4) is 0 Å². The smallest absolute Gasteiger partial charge is 0.226 e. The average Bonchev–Trinajstić information content (AvgIpc) is 2.99. The lowest BCUT2D eigenvalue weighted by Crippen LogP contribution is -2.48. The zero-order chi connectivity index (χ0) is 18.0. The highest BCUT2D eigenvalue weighted by molar-refractivity contribution is 5.77. The number of hydrogen-bond donors (Lipinski definition) is 1. The molecule has 1 saturated carbocycles. The van der Waals surface area contributed by atoms with Crippen molar-refractivity contribution in [1.29, 1.82) is 0 Å². The summed E-state index contributed by atoms with van der Waals surface area (Å²) in [6.07, 6.45) is 8.50. The highest BCUT2D eigenvalue weighted by Crippen LogP contribution is 2.35. The van der Waals surface area contributed by atoms with E-state index >= 15 is 0 Å². The van der Waals surface area contributed by atoms with Crippen molar-refractivity contribution in [1.82, 2.24) is 19.7 Å². The number of amides is 1. The van der Waals surface area contributed by atoms with Crippen LogP contribution in [0.25, 0.3) is 0 Å². The van der Waals surface area contributed by atoms with Gasteiger partial charge in [0.25, 0.3) is 0 Å². The van der Waals surface area contributed by atoms with E-state index in [2.05, 4.69) is 10.1 Å². The first-order valence-corrected chi connectivity index (χ1v) is 9.18. The van der Waals surface area contributed by atoms with Gasteiger partial charge in [0.1, 0.15) is 12.4 Å². The van der Waals surface area contributed by atoms with Crippen molar-refractivity contribution in [2.75, 3.05) is 6.61 Å². The number of fused-ring (bicyclic) bond motifs is 1. The van der Waals surface area contributed by atoms with Crippen LogP contribution in [0.2, 0.25) is 0 Å². The number of nitrogens with zero attached hydrogens (tertiary/aromatic N) is 4. The molecule has 1 amide bonds. The van der Waals surface area contributed by atoms with Crippen LogP contribution in [-0.4, -0.2) is 48.9 Å². The fraction of sp³-hybridized carbons (Fsp3) is 0.526. The number of pyridine rings is 1. The van der Waals surface area contributed by atoms with Gasteiger partial charge in [0, 0.05) is 18.9 Å². The van der Waals surface area contributed by atoms with Crippen LogP contribution < -0.4 is 4.74 Å². The summed E-state index contributed by atoms with van der Waals surface area (Å²) in [6, 6.07) is 5.57. The van der Waals surface area contributed by atoms with Gasteiger partial charge in [-0.2, -0.15) is 5.10 Å². The summed E-state index contributed by atoms with van der Waals surface area (Å²) >= 11 is 0. The first-order valence-electron chi connectivity index (χ1n) is 9.18. The third-order valence-electron chi connectivity index (χ3n) is 5.41. The molecule has 1 N–H and O–H groups in total. The Morgan fingerprint density at radius 1 is 1.35 bits per heavy atom. The van der Waals surface area contributed by atoms with E-state index in [9.17, 15) is 9.90 Å². The third-order valence-corrected chi connectivity index (χ3v) is 5.41. The summed E-state index contributed by atoms with van der Waals surface area (Å²) in [6.45, 7) is 1.65. The van der Waals surface area contributed by atoms with Gasteiger partial charge in [-0.25, -0.2) is 0 Å². The van der Waals surface area contributed by atoms with Crippen LogP contribution >= 0.6 is 0 Å². The predicted octanol–water partition coefficient (Wildman–Crippen LogP) is 1.76. The fourth-order valence-electron chi connectivity index (χ4n) is 3.66. The third kappa shape index (κ3) is 3.58. The maximum absolute atomic E-state index is 13.0. The zero-order valence-corrected chi connectivity index (χ0v) is 14.8. The molecule has 1 atom stereocenters. The van der Waals surface area contributed by atoms with Gasteiger partial charge in [0.05, 0.1) is 36.5 Å². The second kappa shape index (κ2) is 7.07. The number of ether oxygens (including phenoxy) is 1. The molecule has 0 unspecified atom stereocenters. The van der Waals surface area contributed by atoms with Crippen LogP contribution in [0.1, 0.15) is 37.8 Å². The number of aliphatic hydroxyl groups is 1. The van der Waals surface area contributed by atoms with Crippen molar-refractivity contribution >= 4 is 5.91 Å². The number of carbonyl (C=O) groups is 1. The Bertz CT molecular complexity index is 757. The van der Waals surface area contributed by atoms with Gasteiger partial charge in [0.15, 0.2) is 0 Å². The molecule has 0 radical (unpaired) electrons. The van der Waals surface area contributed by atoms with Crippen LogP contribution in [0.15, 0.2) is 36.8 Å². The van der Waals surface area contributed by atoms with E-state index in [1.54, 1.807) is 18.6 Å². The van der Waals surface area contributed by atoms with Crippen molar-refractivity contribution in [3.8, 4) is 5.75 Å². The van der Waals surface area contributed by atoms with Gasteiger partial charge in [0.2, 0.25) is 5.91 Å². The Kier molecular flexibility index (Phi) is 4.63. The highest BCUT2D eigenvalue weighted by atomic mass is 16.5. The summed E-state index contributed by atoms with van der Waals surface area (Å²) in [5.41, 5.74) is 0.195. The van der Waals surface area contributed by atoms with Crippen molar-refractivity contribution in [3.05, 3.63) is 42.5 Å². The molecule has 1 fully saturated rings. The van der Waals surface area contributed by atoms with Gasteiger partial charge in [-0.3, -0.25) is 14.5 Å². The van der Waals surface area contributed by atoms with Crippen molar-refractivity contribution in [2.24, 2.45) is 0 Å². The minimum atomic E-state index is -0.821. The molecule has 0 spiro atoms. The molecule has 2 aliphatic rings. The highest BCUT2D eigenvalue weighted by Gasteiger charge is 2.39. The second-order valence-corrected chi connectivity index (χ2v) is 7.26. The zero-order valence-electron chi connectivity index (χ0n) is 14.8. The average molecular weight is 356 g/mol. The van der Waals surface area contributed by atoms with Gasteiger partial charge in [-0.1, -0.05) is 0 Å². The maximum atomic E-state index is 13.0. The molecule has 2 aromatic rings. The molecule has 0 saturated heterocycles. The van der Waals surface area contributed by atoms with E-state index in [1.807, 2.05) is 27.8 Å². The lowest BCUT2D eigenvalue weighted by Gasteiger charge is -2.38. The maximum Gasteiger partial charge on any atom is 0.226 e. The molecular weight excluding hydrogens is 332 g/mol. The van der Waals surface area contributed by atoms with Crippen molar-refractivity contribution in [3.63, 3.8) is 0 Å². The molecule has 1 aliphatic heterocycles. The summed E-state index contributed by atoms with van der Waals surface area (Å²) in [5.74, 6) is 0.682. The van der Waals surface area contributed by atoms with Gasteiger partial charge in [-0.05, 0) is 43.9 Å². The van der Waals surface area contributed by atoms with E-state index in [-0.39, 0.29) is 18.4 Å². The minimum Gasteiger partial charge on any atom is -0.490 e. The SMILES string of the molecule is O=C(CC1(O)CCC1)N1Cc2ccnn2CC[C@H]1COc1cccnc1. The molecule has 7 nitrogen and oxygen atoms in total. The van der Waals surface area contributed by atoms with Crippen LogP contribution in [0.5, 0.6) is 5.75 Å². The number of rotatable bonds is 5. The number of carbonyl (C=O) groups excluding carboxylic acids is 1. The Balaban J connectivity index is 1.49. The largest absolute Gasteiger partial charge is 0.490 e. The van der Waals surface area contributed by atoms with Gasteiger partial charge in [-0.15, -0.1) is 0 Å². The van der Waals surface area contributed by atoms with E-state index in [1.165, 1.54) is 0 Å². The first kappa shape index (κ1) is 17.0. The molecule has 26 heavy (non-hydrogen) atoms. The summed E-state index contributed by atoms with van der Waals surface area (Å²) < 4.78 is 7.83. The second-order valence-electron chi connectivity index (χ2n) is 7.26. The molecule has 3 heterocycles. The Hall–Kier alpha value is -2.41. The molecule has 0 bridgehead atoms. The van der Waals surface area contributed by atoms with Crippen LogP contribution in [0.4, 0.5) is 0 Å². The van der Waals surface area contributed by atoms with Crippen LogP contribution in [-0.2, 0) is 17.9 Å². The van der Waals surface area contributed by atoms with Crippen molar-refractivity contribution < 1.29 is 14.6 Å². The van der Waals surface area contributed by atoms with Gasteiger partial charge < -0.3 is 14.7 Å². The van der Waals surface area contributed by atoms with E-state index in [4.69, 9.17) is 4.74 Å². The molecule has 138 valence electrons. The first-order chi connectivity index (χ1) is 12.6. The predicted molar refractivity (Wildman–Crippen MR) is 94.3 cm³/mol. The van der Waals surface area contributed by atoms with Gasteiger partial charge >= 0.3 is 0 Å². The van der Waals surface area contributed by atoms with Crippen LogP contribution in [0, 0.1) is 0 Å². The molecule has 7 heteroatoms. The Morgan fingerprint density at radius 3 is 2.96 bits per heavy atom. The summed E-state index contributed by atoms with van der Waals surface area (Å²) in [7, 11) is 0. The quantitative estimate of drug-likeness (QED) is 0.883. The summed E-state index contributed by atoms with van der Waals surface area (Å²) in [4.78, 5) is 18.9. The Morgan fingerprint density at radius 2 is 2.23 bits per heavy atom. The normalized spacial score (nSPS) is 21.4. The fourth-order valence-corrected chi connectivity index (χ4v) is 3.66. The summed E-state index contributed by atoms with van der Waals surface area (Å²) in [5, 5.41) is 14.8. The van der Waals surface area contributed by atoms with E-state index < -0.39 is 5.60 Å². The van der Waals surface area contributed by atoms with E-state index in [0.29, 0.717) is 31.7 Å². The molecular formula is C19H24N4O3. The van der Waals surface area contributed by atoms with Crippen molar-refractivity contribution in [2.45, 2.75) is 56.8 Å². The lowest BCUT2D eigenvalue weighted by molar-refractivity contribution is -0.144. The number of aromatic nitrogens is 3. The topological polar surface area (TPSA) is 80.5 Å².